The van der Waals surface area contributed by atoms with Crippen LogP contribution in [0.4, 0.5) is 10.8 Å². The smallest absolute Gasteiger partial charge is 0.249 e. The molecule has 0 saturated carbocycles. The van der Waals surface area contributed by atoms with Crippen molar-refractivity contribution in [2.24, 2.45) is 0 Å². The highest BCUT2D eigenvalue weighted by atomic mass is 35.5. The van der Waals surface area contributed by atoms with Crippen LogP contribution in [0.3, 0.4) is 0 Å². The van der Waals surface area contributed by atoms with E-state index in [1.54, 1.807) is 18.2 Å². The molecule has 0 unspecified atom stereocenters. The number of hydrogen-bond donors (Lipinski definition) is 1. The lowest BCUT2D eigenvalue weighted by Crippen LogP contribution is -2.45. The van der Waals surface area contributed by atoms with Crippen LogP contribution in [0.2, 0.25) is 5.02 Å². The molecule has 0 bridgehead atoms. The monoisotopic (exact) mass is 482 g/mol. The van der Waals surface area contributed by atoms with Crippen LogP contribution < -0.4 is 9.62 Å². The predicted octanol–water partition coefficient (Wildman–Crippen LogP) is 4.28. The van der Waals surface area contributed by atoms with Gasteiger partial charge in [0.15, 0.2) is 4.34 Å². The van der Waals surface area contributed by atoms with E-state index in [9.17, 15) is 13.2 Å². The van der Waals surface area contributed by atoms with Crippen molar-refractivity contribution in [3.63, 3.8) is 0 Å². The molecular formula is C19H19ClN4O3S3. The van der Waals surface area contributed by atoms with Crippen LogP contribution in [0.5, 0.6) is 0 Å². The molecule has 30 heavy (non-hydrogen) atoms. The van der Waals surface area contributed by atoms with Gasteiger partial charge in [0.1, 0.15) is 6.04 Å². The van der Waals surface area contributed by atoms with Gasteiger partial charge in [-0.25, -0.2) is 8.42 Å². The molecule has 0 aliphatic rings. The summed E-state index contributed by atoms with van der Waals surface area (Å²) in [5.41, 5.74) is 1.46. The van der Waals surface area contributed by atoms with Crippen LogP contribution in [-0.2, 0) is 20.6 Å². The molecule has 1 amide bonds. The Balaban J connectivity index is 1.69. The highest BCUT2D eigenvalue weighted by Gasteiger charge is 2.29. The van der Waals surface area contributed by atoms with Crippen molar-refractivity contribution < 1.29 is 13.2 Å². The molecule has 11 heteroatoms. The van der Waals surface area contributed by atoms with Gasteiger partial charge >= 0.3 is 0 Å². The minimum absolute atomic E-state index is 0.307. The third kappa shape index (κ3) is 5.94. The molecule has 0 spiro atoms. The van der Waals surface area contributed by atoms with Gasteiger partial charge < -0.3 is 0 Å². The Morgan fingerprint density at radius 2 is 1.93 bits per heavy atom. The maximum atomic E-state index is 12.7. The van der Waals surface area contributed by atoms with E-state index < -0.39 is 22.0 Å². The van der Waals surface area contributed by atoms with Crippen LogP contribution in [0.15, 0.2) is 58.9 Å². The van der Waals surface area contributed by atoms with Gasteiger partial charge in [-0.3, -0.25) is 14.4 Å². The Morgan fingerprint density at radius 3 is 2.60 bits per heavy atom. The third-order valence-electron chi connectivity index (χ3n) is 3.99. The van der Waals surface area contributed by atoms with Crippen LogP contribution in [0.25, 0.3) is 0 Å². The van der Waals surface area contributed by atoms with E-state index in [1.807, 2.05) is 30.3 Å². The second-order valence-electron chi connectivity index (χ2n) is 6.35. The summed E-state index contributed by atoms with van der Waals surface area (Å²) in [7, 11) is -3.73. The number of amides is 1. The molecule has 0 fully saturated rings. The van der Waals surface area contributed by atoms with E-state index in [0.29, 0.717) is 20.2 Å². The number of sulfonamides is 1. The number of aromatic nitrogens is 2. The number of nitrogens with zero attached hydrogens (tertiary/aromatic N) is 3. The fourth-order valence-electron chi connectivity index (χ4n) is 2.67. The van der Waals surface area contributed by atoms with Gasteiger partial charge in [0.2, 0.25) is 21.1 Å². The SMILES string of the molecule is C[C@@H](C(=O)Nc1nnc(SCc2ccccc2)s1)N(c1cccc(Cl)c1)S(C)(=O)=O. The quantitative estimate of drug-likeness (QED) is 0.380. The predicted molar refractivity (Wildman–Crippen MR) is 123 cm³/mol. The van der Waals surface area contributed by atoms with E-state index >= 15 is 0 Å². The number of benzene rings is 2. The Hall–Kier alpha value is -2.14. The van der Waals surface area contributed by atoms with Crippen molar-refractivity contribution in [2.75, 3.05) is 15.9 Å². The molecule has 0 aliphatic carbocycles. The van der Waals surface area contributed by atoms with E-state index in [2.05, 4.69) is 15.5 Å². The summed E-state index contributed by atoms with van der Waals surface area (Å²) < 4.78 is 26.4. The van der Waals surface area contributed by atoms with Crippen LogP contribution in [0, 0.1) is 0 Å². The van der Waals surface area contributed by atoms with Crippen molar-refractivity contribution in [3.05, 3.63) is 65.2 Å². The molecule has 158 valence electrons. The van der Waals surface area contributed by atoms with Gasteiger partial charge in [-0.2, -0.15) is 0 Å². The number of thioether (sulfide) groups is 1. The van der Waals surface area contributed by atoms with Crippen molar-refractivity contribution in [1.82, 2.24) is 10.2 Å². The first-order chi connectivity index (χ1) is 14.2. The van der Waals surface area contributed by atoms with Gasteiger partial charge in [0.25, 0.3) is 0 Å². The summed E-state index contributed by atoms with van der Waals surface area (Å²) in [6, 6.07) is 15.3. The lowest BCUT2D eigenvalue weighted by atomic mass is 10.2. The number of nitrogens with one attached hydrogen (secondary N) is 1. The first-order valence-corrected chi connectivity index (χ1v) is 12.8. The maximum Gasteiger partial charge on any atom is 0.249 e. The summed E-state index contributed by atoms with van der Waals surface area (Å²) >= 11 is 8.74. The zero-order valence-corrected chi connectivity index (χ0v) is 19.4. The van der Waals surface area contributed by atoms with E-state index in [0.717, 1.165) is 21.9 Å². The molecule has 0 aliphatic heterocycles. The Bertz CT molecular complexity index is 1120. The third-order valence-corrected chi connectivity index (χ3v) is 7.51. The summed E-state index contributed by atoms with van der Waals surface area (Å²) in [5, 5.41) is 11.4. The molecule has 3 aromatic rings. The van der Waals surface area contributed by atoms with Gasteiger partial charge in [0.05, 0.1) is 11.9 Å². The number of carbonyl (C=O) groups excluding carboxylic acids is 1. The lowest BCUT2D eigenvalue weighted by Gasteiger charge is -2.27. The number of hydrogen-bond acceptors (Lipinski definition) is 7. The number of carbonyl (C=O) groups is 1. The number of halogens is 1. The first-order valence-electron chi connectivity index (χ1n) is 8.80. The molecule has 1 atom stereocenters. The summed E-state index contributed by atoms with van der Waals surface area (Å²) in [6.45, 7) is 1.50. The highest BCUT2D eigenvalue weighted by molar-refractivity contribution is 8.00. The molecule has 3 rings (SSSR count). The normalized spacial score (nSPS) is 12.4. The van der Waals surface area contributed by atoms with Gasteiger partial charge in [-0.05, 0) is 30.7 Å². The maximum absolute atomic E-state index is 12.7. The van der Waals surface area contributed by atoms with Crippen LogP contribution >= 0.6 is 34.7 Å². The fraction of sp³-hybridized carbons (Fsp3) is 0.211. The minimum Gasteiger partial charge on any atom is -0.299 e. The molecule has 1 aromatic heterocycles. The topological polar surface area (TPSA) is 92.3 Å². The molecular weight excluding hydrogens is 464 g/mol. The second-order valence-corrected chi connectivity index (χ2v) is 10.8. The largest absolute Gasteiger partial charge is 0.299 e. The van der Waals surface area contributed by atoms with Crippen molar-refractivity contribution in [3.8, 4) is 0 Å². The highest BCUT2D eigenvalue weighted by Crippen LogP contribution is 2.29. The summed E-state index contributed by atoms with van der Waals surface area (Å²) in [5.74, 6) is 0.215. The second kappa shape index (κ2) is 9.78. The number of rotatable bonds is 8. The Labute approximate surface area is 188 Å². The lowest BCUT2D eigenvalue weighted by molar-refractivity contribution is -0.116. The van der Waals surface area contributed by atoms with Crippen molar-refractivity contribution >= 4 is 61.4 Å². The zero-order chi connectivity index (χ0) is 21.7. The summed E-state index contributed by atoms with van der Waals surface area (Å²) in [6.07, 6.45) is 1.04. The molecule has 2 aromatic carbocycles. The van der Waals surface area contributed by atoms with Crippen molar-refractivity contribution in [2.45, 2.75) is 23.1 Å². The summed E-state index contributed by atoms with van der Waals surface area (Å²) in [4.78, 5) is 12.7. The van der Waals surface area contributed by atoms with Crippen LogP contribution in [0.1, 0.15) is 12.5 Å². The standard InChI is InChI=1S/C19H19ClN4O3S3/c1-13(24(30(2,26)27)16-10-6-9-15(20)11-16)17(25)21-18-22-23-19(29-18)28-12-14-7-4-3-5-8-14/h3-11,13H,12H2,1-2H3,(H,21,22,25)/t13-/m0/s1. The molecule has 0 radical (unpaired) electrons. The molecule has 0 saturated heterocycles. The fourth-order valence-corrected chi connectivity index (χ4v) is 5.73. The zero-order valence-electron chi connectivity index (χ0n) is 16.1. The average molecular weight is 483 g/mol. The molecule has 1 N–H and O–H groups in total. The minimum atomic E-state index is -3.73. The van der Waals surface area contributed by atoms with Gasteiger partial charge in [-0.15, -0.1) is 10.2 Å². The molecule has 7 nitrogen and oxygen atoms in total. The first kappa shape index (κ1) is 22.5. The number of anilines is 2. The van der Waals surface area contributed by atoms with E-state index in [4.69, 9.17) is 11.6 Å². The van der Waals surface area contributed by atoms with Gasteiger partial charge in [0, 0.05) is 10.8 Å². The van der Waals surface area contributed by atoms with Crippen LogP contribution in [-0.4, -0.2) is 36.8 Å². The van der Waals surface area contributed by atoms with Crippen molar-refractivity contribution in [1.29, 1.82) is 0 Å². The Morgan fingerprint density at radius 1 is 1.20 bits per heavy atom. The molecule has 1 heterocycles. The Kier molecular flexibility index (Phi) is 7.35. The van der Waals surface area contributed by atoms with Gasteiger partial charge in [-0.1, -0.05) is 71.1 Å². The average Bonchev–Trinajstić information content (AvgIpc) is 3.13. The van der Waals surface area contributed by atoms with E-state index in [1.165, 1.54) is 36.1 Å². The van der Waals surface area contributed by atoms with E-state index in [-0.39, 0.29) is 0 Å².